The van der Waals surface area contributed by atoms with E-state index in [-0.39, 0.29) is 5.56 Å². The molecule has 4 nitrogen and oxygen atoms in total. The average molecular weight is 388 g/mol. The summed E-state index contributed by atoms with van der Waals surface area (Å²) in [5.74, 6) is 0. The number of nitrogens with zero attached hydrogens (tertiary/aromatic N) is 4. The Labute approximate surface area is 162 Å². The van der Waals surface area contributed by atoms with Gasteiger partial charge in [-0.2, -0.15) is 18.3 Å². The van der Waals surface area contributed by atoms with E-state index in [9.17, 15) is 13.2 Å². The van der Waals surface area contributed by atoms with Crippen LogP contribution < -0.4 is 0 Å². The molecule has 3 aromatic rings. The summed E-state index contributed by atoms with van der Waals surface area (Å²) in [6.45, 7) is 1.16. The smallest absolute Gasteiger partial charge is 0.303 e. The van der Waals surface area contributed by atoms with Gasteiger partial charge < -0.3 is 4.90 Å². The predicted molar refractivity (Wildman–Crippen MR) is 102 cm³/mol. The summed E-state index contributed by atoms with van der Waals surface area (Å²) < 4.78 is 41.8. The summed E-state index contributed by atoms with van der Waals surface area (Å²) in [6.07, 6.45) is 2.46. The molecule has 1 atom stereocenters. The summed E-state index contributed by atoms with van der Waals surface area (Å²) >= 11 is 0. The lowest BCUT2D eigenvalue weighted by Gasteiger charge is -2.18. The lowest BCUT2D eigenvalue weighted by Crippen LogP contribution is -2.24. The Kier molecular flexibility index (Phi) is 5.10. The molecule has 28 heavy (non-hydrogen) atoms. The normalized spacial score (nSPS) is 18.2. The molecule has 1 unspecified atom stereocenters. The van der Waals surface area contributed by atoms with E-state index in [1.807, 2.05) is 12.1 Å². The second-order valence-corrected chi connectivity index (χ2v) is 7.45. The van der Waals surface area contributed by atoms with Gasteiger partial charge in [-0.1, -0.05) is 18.2 Å². The highest BCUT2D eigenvalue weighted by molar-refractivity contribution is 5.67. The second-order valence-electron chi connectivity index (χ2n) is 7.45. The van der Waals surface area contributed by atoms with Crippen molar-refractivity contribution in [2.24, 2.45) is 0 Å². The number of alkyl halides is 3. The Morgan fingerprint density at radius 3 is 2.71 bits per heavy atom. The fourth-order valence-corrected chi connectivity index (χ4v) is 4.04. The molecule has 0 amide bonds. The van der Waals surface area contributed by atoms with Crippen molar-refractivity contribution in [1.29, 1.82) is 0 Å². The van der Waals surface area contributed by atoms with E-state index in [0.717, 1.165) is 37.6 Å². The number of likely N-dealkylation sites (tertiary alicyclic amines) is 1. The summed E-state index contributed by atoms with van der Waals surface area (Å²) in [4.78, 5) is 6.64. The van der Waals surface area contributed by atoms with Gasteiger partial charge in [0, 0.05) is 11.6 Å². The standard InChI is InChI=1S/C21H23F3N4/c1-27-13-5-8-16(27)7-4-6-15-11-12-20-25-14-19(28(20)26-15)17-9-2-3-10-18(17)21(22,23)24/h2-3,9-12,14,16H,4-8,13H2,1H3. The van der Waals surface area contributed by atoms with Crippen molar-refractivity contribution in [1.82, 2.24) is 19.5 Å². The third-order valence-corrected chi connectivity index (χ3v) is 5.57. The van der Waals surface area contributed by atoms with Crippen LogP contribution in [-0.2, 0) is 12.6 Å². The molecule has 0 bridgehead atoms. The van der Waals surface area contributed by atoms with Crippen LogP contribution in [-0.4, -0.2) is 39.1 Å². The predicted octanol–water partition coefficient (Wildman–Crippen LogP) is 4.83. The van der Waals surface area contributed by atoms with Crippen LogP contribution >= 0.6 is 0 Å². The molecule has 1 fully saturated rings. The van der Waals surface area contributed by atoms with Crippen molar-refractivity contribution in [3.8, 4) is 11.3 Å². The SMILES string of the molecule is CN1CCCC1CCCc1ccc2ncc(-c3ccccc3C(F)(F)F)n2n1. The third-order valence-electron chi connectivity index (χ3n) is 5.57. The Hall–Kier alpha value is -2.41. The summed E-state index contributed by atoms with van der Waals surface area (Å²) in [5.41, 5.74) is 1.21. The Morgan fingerprint density at radius 1 is 1.14 bits per heavy atom. The maximum absolute atomic E-state index is 13.4. The van der Waals surface area contributed by atoms with Crippen LogP contribution in [0.2, 0.25) is 0 Å². The third kappa shape index (κ3) is 3.76. The van der Waals surface area contributed by atoms with Gasteiger partial charge in [0.05, 0.1) is 23.1 Å². The van der Waals surface area contributed by atoms with Crippen molar-refractivity contribution in [3.63, 3.8) is 0 Å². The largest absolute Gasteiger partial charge is 0.417 e. The molecule has 0 spiro atoms. The molecule has 0 saturated carbocycles. The number of aryl methyl sites for hydroxylation is 1. The van der Waals surface area contributed by atoms with Crippen LogP contribution in [0.3, 0.4) is 0 Å². The summed E-state index contributed by atoms with van der Waals surface area (Å²) in [6, 6.07) is 9.93. The number of aromatic nitrogens is 3. The Bertz CT molecular complexity index is 964. The molecule has 7 heteroatoms. The topological polar surface area (TPSA) is 33.4 Å². The van der Waals surface area contributed by atoms with E-state index in [1.54, 1.807) is 6.07 Å². The molecule has 1 aliphatic rings. The zero-order valence-corrected chi connectivity index (χ0v) is 15.8. The quantitative estimate of drug-likeness (QED) is 0.628. The number of halogens is 3. The van der Waals surface area contributed by atoms with Crippen LogP contribution in [0.4, 0.5) is 13.2 Å². The van der Waals surface area contributed by atoms with Gasteiger partial charge >= 0.3 is 6.18 Å². The minimum atomic E-state index is -4.42. The molecular formula is C21H23F3N4. The zero-order chi connectivity index (χ0) is 19.7. The summed E-state index contributed by atoms with van der Waals surface area (Å²) in [7, 11) is 2.16. The molecule has 2 aromatic heterocycles. The molecule has 1 aliphatic heterocycles. The van der Waals surface area contributed by atoms with Crippen LogP contribution in [0, 0.1) is 0 Å². The van der Waals surface area contributed by atoms with Crippen molar-refractivity contribution in [2.45, 2.75) is 44.3 Å². The zero-order valence-electron chi connectivity index (χ0n) is 15.8. The second kappa shape index (κ2) is 7.54. The maximum atomic E-state index is 13.4. The highest BCUT2D eigenvalue weighted by Crippen LogP contribution is 2.36. The van der Waals surface area contributed by atoms with E-state index in [0.29, 0.717) is 17.4 Å². The van der Waals surface area contributed by atoms with Crippen molar-refractivity contribution < 1.29 is 13.2 Å². The van der Waals surface area contributed by atoms with E-state index in [1.165, 1.54) is 35.7 Å². The number of rotatable bonds is 5. The van der Waals surface area contributed by atoms with Gasteiger partial charge in [0.1, 0.15) is 0 Å². The molecule has 0 aliphatic carbocycles. The van der Waals surface area contributed by atoms with Gasteiger partial charge in [0.15, 0.2) is 5.65 Å². The monoisotopic (exact) mass is 388 g/mol. The van der Waals surface area contributed by atoms with Crippen LogP contribution in [0.1, 0.15) is 36.9 Å². The van der Waals surface area contributed by atoms with Crippen molar-refractivity contribution in [3.05, 3.63) is 53.9 Å². The maximum Gasteiger partial charge on any atom is 0.417 e. The molecule has 1 saturated heterocycles. The molecule has 148 valence electrons. The molecule has 0 radical (unpaired) electrons. The average Bonchev–Trinajstić information content (AvgIpc) is 3.27. The molecular weight excluding hydrogens is 365 g/mol. The summed E-state index contributed by atoms with van der Waals surface area (Å²) in [5, 5.41) is 4.59. The Balaban J connectivity index is 1.59. The molecule has 3 heterocycles. The van der Waals surface area contributed by atoms with Crippen LogP contribution in [0.25, 0.3) is 16.9 Å². The van der Waals surface area contributed by atoms with E-state index >= 15 is 0 Å². The highest BCUT2D eigenvalue weighted by Gasteiger charge is 2.34. The molecule has 1 aromatic carbocycles. The Morgan fingerprint density at radius 2 is 1.96 bits per heavy atom. The van der Waals surface area contributed by atoms with Gasteiger partial charge in [-0.25, -0.2) is 9.50 Å². The van der Waals surface area contributed by atoms with Gasteiger partial charge in [0.25, 0.3) is 0 Å². The van der Waals surface area contributed by atoms with Gasteiger partial charge in [0.2, 0.25) is 0 Å². The number of hydrogen-bond donors (Lipinski definition) is 0. The van der Waals surface area contributed by atoms with Crippen molar-refractivity contribution in [2.75, 3.05) is 13.6 Å². The number of hydrogen-bond acceptors (Lipinski definition) is 3. The first-order valence-corrected chi connectivity index (χ1v) is 9.64. The number of imidazole rings is 1. The minimum Gasteiger partial charge on any atom is -0.303 e. The van der Waals surface area contributed by atoms with Gasteiger partial charge in [-0.15, -0.1) is 0 Å². The van der Waals surface area contributed by atoms with E-state index in [4.69, 9.17) is 0 Å². The van der Waals surface area contributed by atoms with E-state index < -0.39 is 11.7 Å². The van der Waals surface area contributed by atoms with Crippen LogP contribution in [0.5, 0.6) is 0 Å². The molecule has 4 rings (SSSR count). The fourth-order valence-electron chi connectivity index (χ4n) is 4.04. The lowest BCUT2D eigenvalue weighted by atomic mass is 10.0. The first kappa shape index (κ1) is 18.9. The van der Waals surface area contributed by atoms with Crippen LogP contribution in [0.15, 0.2) is 42.6 Å². The van der Waals surface area contributed by atoms with E-state index in [2.05, 4.69) is 22.0 Å². The minimum absolute atomic E-state index is 0.0970. The lowest BCUT2D eigenvalue weighted by molar-refractivity contribution is -0.137. The number of benzene rings is 1. The fraction of sp³-hybridized carbons (Fsp3) is 0.429. The first-order valence-electron chi connectivity index (χ1n) is 9.64. The van der Waals surface area contributed by atoms with Crippen molar-refractivity contribution >= 4 is 5.65 Å². The first-order chi connectivity index (χ1) is 13.4. The molecule has 0 N–H and O–H groups in total. The van der Waals surface area contributed by atoms with Gasteiger partial charge in [-0.3, -0.25) is 0 Å². The highest BCUT2D eigenvalue weighted by atomic mass is 19.4. The van der Waals surface area contributed by atoms with Gasteiger partial charge in [-0.05, 0) is 63.9 Å². The number of fused-ring (bicyclic) bond motifs is 1.